The highest BCUT2D eigenvalue weighted by atomic mass is 32.2. The number of ether oxygens (including phenoxy) is 4. The molecule has 1 saturated heterocycles. The normalized spacial score (nSPS) is 21.0. The number of rotatable bonds is 15. The molecule has 0 aliphatic carbocycles. The van der Waals surface area contributed by atoms with Gasteiger partial charge in [-0.1, -0.05) is 151 Å². The summed E-state index contributed by atoms with van der Waals surface area (Å²) in [5, 5.41) is 1.24. The Morgan fingerprint density at radius 2 is 1.00 bits per heavy atom. The van der Waals surface area contributed by atoms with Crippen LogP contribution in [0.4, 0.5) is 0 Å². The van der Waals surface area contributed by atoms with Crippen LogP contribution < -0.4 is 5.19 Å². The molecule has 1 heterocycles. The second-order valence-electron chi connectivity index (χ2n) is 12.9. The van der Waals surface area contributed by atoms with E-state index in [1.165, 1.54) is 10.8 Å². The van der Waals surface area contributed by atoms with E-state index in [4.69, 9.17) is 23.4 Å². The summed E-state index contributed by atoms with van der Waals surface area (Å²) in [6.07, 6.45) is -1.74. The van der Waals surface area contributed by atoms with Crippen molar-refractivity contribution in [3.63, 3.8) is 0 Å². The highest BCUT2D eigenvalue weighted by Gasteiger charge is 2.49. The molecule has 0 N–H and O–H groups in total. The van der Waals surface area contributed by atoms with Gasteiger partial charge < -0.3 is 23.4 Å². The van der Waals surface area contributed by atoms with Crippen molar-refractivity contribution < 1.29 is 23.4 Å². The van der Waals surface area contributed by atoms with Crippen molar-refractivity contribution in [1.82, 2.24) is 0 Å². The van der Waals surface area contributed by atoms with Crippen LogP contribution in [0.25, 0.3) is 0 Å². The number of aryl methyl sites for hydroxylation is 1. The molecule has 0 bridgehead atoms. The summed E-state index contributed by atoms with van der Waals surface area (Å²) in [6.45, 7) is 8.20. The first-order chi connectivity index (χ1) is 23.9. The van der Waals surface area contributed by atoms with E-state index in [0.29, 0.717) is 26.4 Å². The van der Waals surface area contributed by atoms with Crippen LogP contribution in [-0.2, 0) is 43.2 Å². The molecule has 1 aliphatic heterocycles. The van der Waals surface area contributed by atoms with E-state index < -0.39 is 32.7 Å². The maximum absolute atomic E-state index is 7.07. The summed E-state index contributed by atoms with van der Waals surface area (Å²) in [4.78, 5) is 1.10. The number of thioether (sulfide) groups is 1. The van der Waals surface area contributed by atoms with Crippen LogP contribution in [0, 0.1) is 6.92 Å². The average Bonchev–Trinajstić information content (AvgIpc) is 3.14. The molecule has 0 radical (unpaired) electrons. The third-order valence-electron chi connectivity index (χ3n) is 8.80. The lowest BCUT2D eigenvalue weighted by molar-refractivity contribution is -0.250. The van der Waals surface area contributed by atoms with E-state index in [2.05, 4.69) is 105 Å². The molecule has 0 spiro atoms. The quantitative estimate of drug-likeness (QED) is 0.103. The van der Waals surface area contributed by atoms with Gasteiger partial charge in [0.25, 0.3) is 0 Å². The van der Waals surface area contributed by atoms with E-state index in [9.17, 15) is 0 Å². The van der Waals surface area contributed by atoms with Gasteiger partial charge in [0, 0.05) is 4.90 Å². The van der Waals surface area contributed by atoms with Gasteiger partial charge in [-0.2, -0.15) is 0 Å². The summed E-state index contributed by atoms with van der Waals surface area (Å²) in [7, 11) is -2.27. The van der Waals surface area contributed by atoms with E-state index in [1.807, 2.05) is 60.7 Å². The van der Waals surface area contributed by atoms with Gasteiger partial charge in [-0.15, -0.1) is 0 Å². The Hall–Kier alpha value is -3.53. The van der Waals surface area contributed by atoms with Crippen molar-refractivity contribution in [3.05, 3.63) is 168 Å². The number of hydrogen-bond donors (Lipinski definition) is 0. The zero-order valence-electron chi connectivity index (χ0n) is 28.5. The Balaban J connectivity index is 1.35. The molecule has 5 nitrogen and oxygen atoms in total. The molecule has 6 rings (SSSR count). The Morgan fingerprint density at radius 3 is 1.51 bits per heavy atom. The molecule has 5 aromatic rings. The van der Waals surface area contributed by atoms with Crippen molar-refractivity contribution in [2.75, 3.05) is 6.61 Å². The Morgan fingerprint density at radius 1 is 0.551 bits per heavy atom. The van der Waals surface area contributed by atoms with Crippen LogP contribution in [0.1, 0.15) is 22.3 Å². The first-order valence-corrected chi connectivity index (χ1v) is 20.8. The number of hydrogen-bond acceptors (Lipinski definition) is 6. The smallest absolute Gasteiger partial charge is 0.218 e. The van der Waals surface area contributed by atoms with Crippen molar-refractivity contribution in [1.29, 1.82) is 0 Å². The minimum absolute atomic E-state index is 0.370. The van der Waals surface area contributed by atoms with Crippen molar-refractivity contribution in [2.24, 2.45) is 0 Å². The predicted molar refractivity (Wildman–Crippen MR) is 200 cm³/mol. The van der Waals surface area contributed by atoms with E-state index in [0.717, 1.165) is 21.6 Å². The van der Waals surface area contributed by atoms with Gasteiger partial charge in [-0.25, -0.2) is 0 Å². The molecule has 1 fully saturated rings. The highest BCUT2D eigenvalue weighted by Crippen LogP contribution is 2.38. The minimum atomic E-state index is -2.27. The van der Waals surface area contributed by atoms with E-state index >= 15 is 0 Å². The van der Waals surface area contributed by atoms with E-state index in [1.54, 1.807) is 11.8 Å². The molecule has 5 aromatic carbocycles. The van der Waals surface area contributed by atoms with E-state index in [-0.39, 0.29) is 5.44 Å². The predicted octanol–water partition coefficient (Wildman–Crippen LogP) is 8.70. The van der Waals surface area contributed by atoms with Crippen LogP contribution in [0.2, 0.25) is 13.1 Å². The third-order valence-corrected chi connectivity index (χ3v) is 12.6. The summed E-state index contributed by atoms with van der Waals surface area (Å²) in [6, 6.07) is 49.9. The molecule has 1 aliphatic rings. The van der Waals surface area contributed by atoms with Crippen LogP contribution in [0.5, 0.6) is 0 Å². The van der Waals surface area contributed by atoms with Crippen molar-refractivity contribution in [3.8, 4) is 0 Å². The maximum Gasteiger partial charge on any atom is 0.218 e. The SMILES string of the molecule is Cc1ccc(S[C@H]2O[C@H](CO[Si](C)(C)c3ccccc3)[C@@H](OCc3ccccc3)[C@H](OCc3ccccc3)[C@@H]2OCc2ccccc2)cc1. The molecule has 0 saturated carbocycles. The van der Waals surface area contributed by atoms with Gasteiger partial charge in [0.1, 0.15) is 29.9 Å². The molecule has 0 unspecified atom stereocenters. The molecule has 254 valence electrons. The standard InChI is InChI=1S/C42H46O5SSi/c1-32-24-26-36(27-25-32)48-42-41(45-30-35-20-12-6-13-21-35)40(44-29-34-18-10-5-11-19-34)39(43-28-33-16-8-4-9-17-33)38(47-42)31-46-49(2,3)37-22-14-7-15-23-37/h4-27,38-42H,28-31H2,1-3H3/t38-,39-,40+,41+,42-/m1/s1. The monoisotopic (exact) mass is 690 g/mol. The van der Waals surface area contributed by atoms with Crippen LogP contribution in [0.15, 0.2) is 150 Å². The molecule has 5 atom stereocenters. The lowest BCUT2D eigenvalue weighted by Crippen LogP contribution is -2.61. The first kappa shape index (κ1) is 35.3. The lowest BCUT2D eigenvalue weighted by atomic mass is 9.99. The Kier molecular flexibility index (Phi) is 12.5. The summed E-state index contributed by atoms with van der Waals surface area (Å²) in [5.74, 6) is 0. The van der Waals surface area contributed by atoms with Crippen LogP contribution >= 0.6 is 11.8 Å². The topological polar surface area (TPSA) is 46.2 Å². The summed E-state index contributed by atoms with van der Waals surface area (Å²) < 4.78 is 34.5. The summed E-state index contributed by atoms with van der Waals surface area (Å²) >= 11 is 1.66. The summed E-state index contributed by atoms with van der Waals surface area (Å²) in [5.41, 5.74) is 4.10. The Labute approximate surface area is 296 Å². The zero-order chi connectivity index (χ0) is 33.9. The van der Waals surface area contributed by atoms with Crippen molar-refractivity contribution in [2.45, 2.75) is 74.6 Å². The van der Waals surface area contributed by atoms with Gasteiger partial charge in [0.05, 0.1) is 26.4 Å². The van der Waals surface area contributed by atoms with Gasteiger partial charge in [-0.3, -0.25) is 0 Å². The van der Waals surface area contributed by atoms with Gasteiger partial charge in [-0.05, 0) is 54.0 Å². The molecular formula is C42H46O5SSi. The van der Waals surface area contributed by atoms with Crippen LogP contribution in [-0.4, -0.2) is 44.8 Å². The molecule has 49 heavy (non-hydrogen) atoms. The fourth-order valence-corrected chi connectivity index (χ4v) is 8.81. The largest absolute Gasteiger partial charge is 0.410 e. The average molecular weight is 691 g/mol. The molecular weight excluding hydrogens is 645 g/mol. The molecule has 0 amide bonds. The fourth-order valence-electron chi connectivity index (χ4n) is 5.94. The van der Waals surface area contributed by atoms with Gasteiger partial charge in [0.15, 0.2) is 0 Å². The Bertz CT molecular complexity index is 1670. The van der Waals surface area contributed by atoms with Crippen LogP contribution in [0.3, 0.4) is 0 Å². The number of benzene rings is 5. The minimum Gasteiger partial charge on any atom is -0.410 e. The fraction of sp³-hybridized carbons (Fsp3) is 0.286. The van der Waals surface area contributed by atoms with Crippen molar-refractivity contribution >= 4 is 25.3 Å². The lowest BCUT2D eigenvalue weighted by Gasteiger charge is -2.46. The second-order valence-corrected chi connectivity index (χ2v) is 18.0. The maximum atomic E-state index is 7.07. The second kappa shape index (κ2) is 17.4. The molecule has 0 aromatic heterocycles. The third kappa shape index (κ3) is 10.0. The zero-order valence-corrected chi connectivity index (χ0v) is 30.3. The molecule has 7 heteroatoms. The first-order valence-electron chi connectivity index (χ1n) is 17.0. The van der Waals surface area contributed by atoms with Gasteiger partial charge in [0.2, 0.25) is 8.32 Å². The van der Waals surface area contributed by atoms with Gasteiger partial charge >= 0.3 is 0 Å². The highest BCUT2D eigenvalue weighted by molar-refractivity contribution is 7.99.